The summed E-state index contributed by atoms with van der Waals surface area (Å²) >= 11 is 0. The quantitative estimate of drug-likeness (QED) is 0.596. The van der Waals surface area contributed by atoms with Crippen molar-refractivity contribution in [3.05, 3.63) is 105 Å². The number of carbonyl (C=O) groups excluding carboxylic acids is 2. The molecule has 2 amide bonds. The average molecular weight is 437 g/mol. The number of carbonyl (C=O) groups is 2. The molecule has 0 radical (unpaired) electrons. The summed E-state index contributed by atoms with van der Waals surface area (Å²) in [6.45, 7) is 0.251. The van der Waals surface area contributed by atoms with Crippen molar-refractivity contribution in [2.45, 2.75) is 32.0 Å². The molecule has 0 saturated heterocycles. The van der Waals surface area contributed by atoms with Gasteiger partial charge in [-0.1, -0.05) is 36.4 Å². The smallest absolute Gasteiger partial charge is 0.257 e. The second-order valence-corrected chi connectivity index (χ2v) is 7.75. The molecule has 2 N–H and O–H groups in total. The maximum atomic E-state index is 13.4. The minimum Gasteiger partial charge on any atom is -0.349 e. The topological polar surface area (TPSA) is 80.2 Å². The number of aromatic nitrogens is 1. The molecule has 0 aliphatic heterocycles. The number of hydrogen-bond donors (Lipinski definition) is 2. The van der Waals surface area contributed by atoms with Crippen molar-refractivity contribution in [2.75, 3.05) is 0 Å². The van der Waals surface area contributed by atoms with E-state index in [0.29, 0.717) is 12.1 Å². The summed E-state index contributed by atoms with van der Waals surface area (Å²) in [5, 5.41) is 5.32. The van der Waals surface area contributed by atoms with Crippen LogP contribution in [0.3, 0.4) is 0 Å². The van der Waals surface area contributed by atoms with Gasteiger partial charge in [0.25, 0.3) is 11.8 Å². The molecular weight excluding hydrogens is 416 g/mol. The highest BCUT2D eigenvalue weighted by atomic mass is 19.2. The molecule has 2 aromatic carbocycles. The number of amides is 2. The van der Waals surface area contributed by atoms with Gasteiger partial charge in [-0.05, 0) is 36.1 Å². The maximum absolute atomic E-state index is 13.4. The standard InChI is InChI=1S/C24H21F2N3O3/c25-20-9-6-16(10-21(20)26)11-27-23(31)18-13-29(12-15-4-2-1-3-5-15)14-19(22(18)30)24(32)28-17-7-8-17/h1-6,9-10,13-14,17H,7-8,11-12H2,(H,27,31)(H,28,32). The molecule has 1 saturated carbocycles. The zero-order valence-corrected chi connectivity index (χ0v) is 17.1. The Morgan fingerprint density at radius 1 is 0.906 bits per heavy atom. The van der Waals surface area contributed by atoms with E-state index in [1.165, 1.54) is 18.5 Å². The predicted molar refractivity (Wildman–Crippen MR) is 114 cm³/mol. The third kappa shape index (κ3) is 5.08. The second kappa shape index (κ2) is 9.13. The zero-order valence-electron chi connectivity index (χ0n) is 17.1. The fourth-order valence-electron chi connectivity index (χ4n) is 3.26. The molecule has 0 atom stereocenters. The predicted octanol–water partition coefficient (Wildman–Crippen LogP) is 3.00. The number of nitrogens with one attached hydrogen (secondary N) is 2. The molecule has 0 spiro atoms. The molecule has 3 aromatic rings. The van der Waals surface area contributed by atoms with E-state index in [9.17, 15) is 23.2 Å². The van der Waals surface area contributed by atoms with Crippen LogP contribution in [0.1, 0.15) is 44.7 Å². The molecule has 1 aliphatic carbocycles. The van der Waals surface area contributed by atoms with Gasteiger partial charge in [-0.2, -0.15) is 0 Å². The maximum Gasteiger partial charge on any atom is 0.257 e. The highest BCUT2D eigenvalue weighted by molar-refractivity contribution is 5.99. The van der Waals surface area contributed by atoms with E-state index in [1.54, 1.807) is 4.57 Å². The number of halogens is 2. The molecule has 32 heavy (non-hydrogen) atoms. The van der Waals surface area contributed by atoms with Crippen LogP contribution in [0.2, 0.25) is 0 Å². The van der Waals surface area contributed by atoms with E-state index in [4.69, 9.17) is 0 Å². The van der Waals surface area contributed by atoms with E-state index in [0.717, 1.165) is 30.5 Å². The summed E-state index contributed by atoms with van der Waals surface area (Å²) in [6, 6.07) is 12.7. The van der Waals surface area contributed by atoms with Crippen molar-refractivity contribution >= 4 is 11.8 Å². The second-order valence-electron chi connectivity index (χ2n) is 7.75. The van der Waals surface area contributed by atoms with Crippen LogP contribution in [0.25, 0.3) is 0 Å². The molecule has 6 nitrogen and oxygen atoms in total. The van der Waals surface area contributed by atoms with E-state index in [-0.39, 0.29) is 23.7 Å². The highest BCUT2D eigenvalue weighted by Crippen LogP contribution is 2.19. The van der Waals surface area contributed by atoms with Gasteiger partial charge in [0.2, 0.25) is 5.43 Å². The number of nitrogens with zero attached hydrogens (tertiary/aromatic N) is 1. The van der Waals surface area contributed by atoms with E-state index >= 15 is 0 Å². The molecule has 1 aliphatic rings. The first-order valence-electron chi connectivity index (χ1n) is 10.2. The lowest BCUT2D eigenvalue weighted by atomic mass is 10.1. The minimum atomic E-state index is -1.03. The fourth-order valence-corrected chi connectivity index (χ4v) is 3.26. The van der Waals surface area contributed by atoms with Crippen LogP contribution < -0.4 is 16.1 Å². The molecule has 164 valence electrons. The molecule has 0 unspecified atom stereocenters. The summed E-state index contributed by atoms with van der Waals surface area (Å²) in [7, 11) is 0. The molecule has 4 rings (SSSR count). The Kier molecular flexibility index (Phi) is 6.11. The lowest BCUT2D eigenvalue weighted by Crippen LogP contribution is -2.36. The van der Waals surface area contributed by atoms with Crippen LogP contribution in [0.5, 0.6) is 0 Å². The lowest BCUT2D eigenvalue weighted by Gasteiger charge is -2.13. The van der Waals surface area contributed by atoms with Crippen LogP contribution in [-0.2, 0) is 13.1 Å². The Bertz CT molecular complexity index is 1220. The zero-order chi connectivity index (χ0) is 22.7. The monoisotopic (exact) mass is 437 g/mol. The van der Waals surface area contributed by atoms with Crippen LogP contribution >= 0.6 is 0 Å². The minimum absolute atomic E-state index is 0.0512. The Morgan fingerprint density at radius 2 is 1.59 bits per heavy atom. The Balaban J connectivity index is 1.61. The van der Waals surface area contributed by atoms with Crippen molar-refractivity contribution in [3.63, 3.8) is 0 Å². The normalized spacial score (nSPS) is 12.9. The number of rotatable bonds is 7. The number of hydrogen-bond acceptors (Lipinski definition) is 3. The molecular formula is C24H21F2N3O3. The van der Waals surface area contributed by atoms with E-state index in [2.05, 4.69) is 10.6 Å². The largest absolute Gasteiger partial charge is 0.349 e. The fraction of sp³-hybridized carbons (Fsp3) is 0.208. The Morgan fingerprint density at radius 3 is 2.25 bits per heavy atom. The van der Waals surface area contributed by atoms with Gasteiger partial charge < -0.3 is 15.2 Å². The highest BCUT2D eigenvalue weighted by Gasteiger charge is 2.26. The number of benzene rings is 2. The van der Waals surface area contributed by atoms with Crippen molar-refractivity contribution < 1.29 is 18.4 Å². The van der Waals surface area contributed by atoms with Crippen LogP contribution in [0.15, 0.2) is 65.7 Å². The van der Waals surface area contributed by atoms with Gasteiger partial charge >= 0.3 is 0 Å². The first kappa shape index (κ1) is 21.4. The van der Waals surface area contributed by atoms with Gasteiger partial charge in [0, 0.05) is 31.5 Å². The van der Waals surface area contributed by atoms with Gasteiger partial charge in [0.1, 0.15) is 11.1 Å². The third-order valence-corrected chi connectivity index (χ3v) is 5.13. The number of pyridine rings is 1. The Hall–Kier alpha value is -3.81. The van der Waals surface area contributed by atoms with Crippen molar-refractivity contribution in [2.24, 2.45) is 0 Å². The van der Waals surface area contributed by atoms with Crippen LogP contribution in [0.4, 0.5) is 8.78 Å². The van der Waals surface area contributed by atoms with Gasteiger partial charge in [0.05, 0.1) is 0 Å². The van der Waals surface area contributed by atoms with Crippen molar-refractivity contribution in [1.29, 1.82) is 0 Å². The summed E-state index contributed by atoms with van der Waals surface area (Å²) in [4.78, 5) is 38.3. The van der Waals surface area contributed by atoms with E-state index < -0.39 is 28.9 Å². The average Bonchev–Trinajstić information content (AvgIpc) is 3.60. The van der Waals surface area contributed by atoms with Gasteiger partial charge in [0.15, 0.2) is 11.6 Å². The molecule has 1 heterocycles. The molecule has 1 fully saturated rings. The summed E-state index contributed by atoms with van der Waals surface area (Å²) in [5.74, 6) is -3.24. The first-order valence-corrected chi connectivity index (χ1v) is 10.2. The summed E-state index contributed by atoms with van der Waals surface area (Å²) in [6.07, 6.45) is 4.56. The van der Waals surface area contributed by atoms with E-state index in [1.807, 2.05) is 30.3 Å². The SMILES string of the molecule is O=C(NCc1ccc(F)c(F)c1)c1cn(Cc2ccccc2)cc(C(=O)NC2CC2)c1=O. The lowest BCUT2D eigenvalue weighted by molar-refractivity contribution is 0.0948. The molecule has 8 heteroatoms. The first-order chi connectivity index (χ1) is 15.4. The summed E-state index contributed by atoms with van der Waals surface area (Å²) < 4.78 is 28.1. The summed E-state index contributed by atoms with van der Waals surface area (Å²) in [5.41, 5.74) is 0.262. The van der Waals surface area contributed by atoms with Gasteiger partial charge in [-0.25, -0.2) is 8.78 Å². The van der Waals surface area contributed by atoms with Gasteiger partial charge in [-0.15, -0.1) is 0 Å². The third-order valence-electron chi connectivity index (χ3n) is 5.13. The van der Waals surface area contributed by atoms with Crippen LogP contribution in [-0.4, -0.2) is 22.4 Å². The molecule has 0 bridgehead atoms. The van der Waals surface area contributed by atoms with Crippen molar-refractivity contribution in [3.8, 4) is 0 Å². The molecule has 1 aromatic heterocycles. The Labute approximate surface area is 182 Å². The van der Waals surface area contributed by atoms with Crippen LogP contribution in [0, 0.1) is 11.6 Å². The van der Waals surface area contributed by atoms with Gasteiger partial charge in [-0.3, -0.25) is 14.4 Å². The van der Waals surface area contributed by atoms with Crippen molar-refractivity contribution in [1.82, 2.24) is 15.2 Å².